The quantitative estimate of drug-likeness (QED) is 0.470. The van der Waals surface area contributed by atoms with Gasteiger partial charge in [-0.05, 0) is 32.2 Å². The summed E-state index contributed by atoms with van der Waals surface area (Å²) in [6.45, 7) is 7.81. The zero-order valence-electron chi connectivity index (χ0n) is 9.32. The summed E-state index contributed by atoms with van der Waals surface area (Å²) in [6, 6.07) is 0. The molecule has 1 heteroatoms. The van der Waals surface area contributed by atoms with Gasteiger partial charge in [0.25, 0.3) is 0 Å². The van der Waals surface area contributed by atoms with Gasteiger partial charge in [0.2, 0.25) is 0 Å². The first kappa shape index (κ1) is 12.5. The molecular weight excluding hydrogens is 158 g/mol. The van der Waals surface area contributed by atoms with E-state index in [0.29, 0.717) is 5.54 Å². The molecule has 1 N–H and O–H groups in total. The summed E-state index contributed by atoms with van der Waals surface area (Å²) in [5.41, 5.74) is 0.356. The van der Waals surface area contributed by atoms with Crippen LogP contribution >= 0.6 is 0 Å². The zero-order valence-corrected chi connectivity index (χ0v) is 9.32. The third-order valence-corrected chi connectivity index (χ3v) is 3.03. The molecule has 0 aromatic heterocycles. The second-order valence-electron chi connectivity index (χ2n) is 3.58. The molecule has 0 unspecified atom stereocenters. The van der Waals surface area contributed by atoms with E-state index in [4.69, 9.17) is 6.42 Å². The number of nitrogens with one attached hydrogen (secondary N) is 1. The van der Waals surface area contributed by atoms with Crippen LogP contribution in [0, 0.1) is 12.3 Å². The summed E-state index contributed by atoms with van der Waals surface area (Å²) in [5, 5.41) is 3.62. The van der Waals surface area contributed by atoms with E-state index >= 15 is 0 Å². The van der Waals surface area contributed by atoms with E-state index < -0.39 is 0 Å². The van der Waals surface area contributed by atoms with Crippen LogP contribution in [0.1, 0.15) is 52.9 Å². The third kappa shape index (κ3) is 4.33. The molecular formula is C12H23N. The lowest BCUT2D eigenvalue weighted by Crippen LogP contribution is -2.44. The highest BCUT2D eigenvalue weighted by molar-refractivity contribution is 4.86. The van der Waals surface area contributed by atoms with Crippen LogP contribution in [0.2, 0.25) is 0 Å². The normalized spacial score (nSPS) is 11.2. The first-order chi connectivity index (χ1) is 6.24. The largest absolute Gasteiger partial charge is 0.311 e. The number of hydrogen-bond acceptors (Lipinski definition) is 1. The van der Waals surface area contributed by atoms with Crippen LogP contribution in [-0.4, -0.2) is 12.1 Å². The summed E-state index contributed by atoms with van der Waals surface area (Å²) < 4.78 is 0. The molecule has 0 aliphatic carbocycles. The predicted molar refractivity (Wildman–Crippen MR) is 59.7 cm³/mol. The lowest BCUT2D eigenvalue weighted by atomic mass is 9.90. The second-order valence-corrected chi connectivity index (χ2v) is 3.58. The van der Waals surface area contributed by atoms with Crippen LogP contribution in [0.15, 0.2) is 0 Å². The molecule has 13 heavy (non-hydrogen) atoms. The summed E-state index contributed by atoms with van der Waals surface area (Å²) in [6.07, 6.45) is 10.8. The van der Waals surface area contributed by atoms with Gasteiger partial charge in [-0.15, -0.1) is 12.3 Å². The maximum Gasteiger partial charge on any atom is 0.0173 e. The Morgan fingerprint density at radius 2 is 1.69 bits per heavy atom. The minimum Gasteiger partial charge on any atom is -0.311 e. The summed E-state index contributed by atoms with van der Waals surface area (Å²) in [5.74, 6) is 2.67. The number of unbranched alkanes of at least 4 members (excludes halogenated alkanes) is 1. The molecule has 0 aromatic rings. The van der Waals surface area contributed by atoms with Crippen LogP contribution in [0.25, 0.3) is 0 Å². The standard InChI is InChI=1S/C12H23N/c1-5-9-10-11-13-12(6-2,7-3)8-4/h1,13H,6-11H2,2-4H3. The van der Waals surface area contributed by atoms with E-state index in [1.54, 1.807) is 0 Å². The van der Waals surface area contributed by atoms with Gasteiger partial charge in [-0.1, -0.05) is 20.8 Å². The number of hydrogen-bond donors (Lipinski definition) is 1. The average molecular weight is 181 g/mol. The van der Waals surface area contributed by atoms with Crippen molar-refractivity contribution in [2.24, 2.45) is 0 Å². The molecule has 0 saturated heterocycles. The lowest BCUT2D eigenvalue weighted by Gasteiger charge is -2.32. The SMILES string of the molecule is C#CCCCNC(CC)(CC)CC. The molecule has 0 spiro atoms. The molecule has 0 aliphatic rings. The first-order valence-corrected chi connectivity index (χ1v) is 5.43. The lowest BCUT2D eigenvalue weighted by molar-refractivity contribution is 0.290. The Labute approximate surface area is 83.3 Å². The van der Waals surface area contributed by atoms with Crippen molar-refractivity contribution < 1.29 is 0 Å². The van der Waals surface area contributed by atoms with Crippen molar-refractivity contribution in [3.63, 3.8) is 0 Å². The molecule has 0 bridgehead atoms. The van der Waals surface area contributed by atoms with Crippen molar-refractivity contribution in [2.75, 3.05) is 6.54 Å². The van der Waals surface area contributed by atoms with E-state index in [1.165, 1.54) is 19.3 Å². The monoisotopic (exact) mass is 181 g/mol. The summed E-state index contributed by atoms with van der Waals surface area (Å²) in [4.78, 5) is 0. The fourth-order valence-corrected chi connectivity index (χ4v) is 1.67. The van der Waals surface area contributed by atoms with Crippen molar-refractivity contribution >= 4 is 0 Å². The molecule has 0 rings (SSSR count). The molecule has 0 aliphatic heterocycles. The Balaban J connectivity index is 3.76. The first-order valence-electron chi connectivity index (χ1n) is 5.43. The molecule has 76 valence electrons. The molecule has 1 nitrogen and oxygen atoms in total. The number of rotatable bonds is 7. The zero-order chi connectivity index (χ0) is 10.2. The topological polar surface area (TPSA) is 12.0 Å². The molecule has 0 atom stereocenters. The van der Waals surface area contributed by atoms with Gasteiger partial charge in [0.1, 0.15) is 0 Å². The van der Waals surface area contributed by atoms with Gasteiger partial charge in [0.05, 0.1) is 0 Å². The van der Waals surface area contributed by atoms with Gasteiger partial charge in [-0.25, -0.2) is 0 Å². The molecule has 0 saturated carbocycles. The number of terminal acetylenes is 1. The van der Waals surface area contributed by atoms with Crippen LogP contribution in [0.4, 0.5) is 0 Å². The van der Waals surface area contributed by atoms with Gasteiger partial charge in [-0.3, -0.25) is 0 Å². The molecule has 0 fully saturated rings. The van der Waals surface area contributed by atoms with Crippen LogP contribution in [-0.2, 0) is 0 Å². The van der Waals surface area contributed by atoms with Crippen molar-refractivity contribution in [3.8, 4) is 12.3 Å². The minimum absolute atomic E-state index is 0.356. The summed E-state index contributed by atoms with van der Waals surface area (Å²) >= 11 is 0. The highest BCUT2D eigenvalue weighted by Crippen LogP contribution is 2.18. The van der Waals surface area contributed by atoms with E-state index in [-0.39, 0.29) is 0 Å². The van der Waals surface area contributed by atoms with Crippen molar-refractivity contribution in [3.05, 3.63) is 0 Å². The maximum atomic E-state index is 5.20. The highest BCUT2D eigenvalue weighted by atomic mass is 15.0. The molecule has 0 amide bonds. The Morgan fingerprint density at radius 3 is 2.08 bits per heavy atom. The van der Waals surface area contributed by atoms with Crippen molar-refractivity contribution in [1.29, 1.82) is 0 Å². The van der Waals surface area contributed by atoms with Crippen LogP contribution in [0.5, 0.6) is 0 Å². The van der Waals surface area contributed by atoms with E-state index in [2.05, 4.69) is 32.0 Å². The molecule has 0 heterocycles. The summed E-state index contributed by atoms with van der Waals surface area (Å²) in [7, 11) is 0. The second kappa shape index (κ2) is 6.97. The van der Waals surface area contributed by atoms with Crippen molar-refractivity contribution in [1.82, 2.24) is 5.32 Å². The van der Waals surface area contributed by atoms with Gasteiger partial charge in [0.15, 0.2) is 0 Å². The maximum absolute atomic E-state index is 5.20. The minimum atomic E-state index is 0.356. The fraction of sp³-hybridized carbons (Fsp3) is 0.833. The average Bonchev–Trinajstić information content (AvgIpc) is 2.20. The smallest absolute Gasteiger partial charge is 0.0173 e. The highest BCUT2D eigenvalue weighted by Gasteiger charge is 2.21. The Bertz CT molecular complexity index is 143. The van der Waals surface area contributed by atoms with Gasteiger partial charge in [-0.2, -0.15) is 0 Å². The van der Waals surface area contributed by atoms with Gasteiger partial charge >= 0.3 is 0 Å². The Morgan fingerprint density at radius 1 is 1.15 bits per heavy atom. The van der Waals surface area contributed by atoms with Crippen molar-refractivity contribution in [2.45, 2.75) is 58.4 Å². The molecule has 0 aromatic carbocycles. The van der Waals surface area contributed by atoms with E-state index in [9.17, 15) is 0 Å². The van der Waals surface area contributed by atoms with Gasteiger partial charge in [0, 0.05) is 12.0 Å². The molecule has 0 radical (unpaired) electrons. The predicted octanol–water partition coefficient (Wildman–Crippen LogP) is 2.96. The van der Waals surface area contributed by atoms with Crippen LogP contribution < -0.4 is 5.32 Å². The van der Waals surface area contributed by atoms with Gasteiger partial charge < -0.3 is 5.32 Å². The fourth-order valence-electron chi connectivity index (χ4n) is 1.67. The third-order valence-electron chi connectivity index (χ3n) is 3.03. The Hall–Kier alpha value is -0.480. The Kier molecular flexibility index (Phi) is 6.72. The van der Waals surface area contributed by atoms with E-state index in [0.717, 1.165) is 19.4 Å². The van der Waals surface area contributed by atoms with E-state index in [1.807, 2.05) is 0 Å². The van der Waals surface area contributed by atoms with Crippen LogP contribution in [0.3, 0.4) is 0 Å².